The number of rotatable bonds is 5. The number of piperidine rings is 1. The molecule has 1 aromatic rings. The van der Waals surface area contributed by atoms with Crippen molar-refractivity contribution >= 4 is 11.9 Å². The Labute approximate surface area is 164 Å². The normalized spacial score (nSPS) is 17.6. The molecule has 1 fully saturated rings. The van der Waals surface area contributed by atoms with Gasteiger partial charge in [-0.25, -0.2) is 4.79 Å². The van der Waals surface area contributed by atoms with E-state index in [1.54, 1.807) is 13.3 Å². The van der Waals surface area contributed by atoms with Gasteiger partial charge in [-0.05, 0) is 33.1 Å². The highest BCUT2D eigenvalue weighted by Gasteiger charge is 2.44. The molecule has 2 N–H and O–H groups in total. The van der Waals surface area contributed by atoms with E-state index >= 15 is 0 Å². The molecule has 3 rings (SSSR count). The number of methoxy groups -OCH3 is 1. The first-order chi connectivity index (χ1) is 13.4. The van der Waals surface area contributed by atoms with Crippen molar-refractivity contribution in [1.82, 2.24) is 25.1 Å². The molecule has 1 spiro atoms. The van der Waals surface area contributed by atoms with Crippen LogP contribution in [0, 0.1) is 0 Å². The van der Waals surface area contributed by atoms with Crippen LogP contribution in [0.2, 0.25) is 0 Å². The van der Waals surface area contributed by atoms with Crippen molar-refractivity contribution in [1.29, 1.82) is 0 Å². The zero-order valence-electron chi connectivity index (χ0n) is 16.8. The average molecular weight is 391 g/mol. The van der Waals surface area contributed by atoms with Crippen LogP contribution in [-0.4, -0.2) is 65.8 Å². The number of nitrogens with one attached hydrogen (secondary N) is 2. The fourth-order valence-corrected chi connectivity index (χ4v) is 4.00. The second-order valence-corrected chi connectivity index (χ2v) is 7.85. The Morgan fingerprint density at radius 3 is 2.57 bits per heavy atom. The molecule has 1 saturated heterocycles. The number of ether oxygens (including phenoxy) is 1. The summed E-state index contributed by atoms with van der Waals surface area (Å²) < 4.78 is 6.84. The zero-order chi connectivity index (χ0) is 20.3. The Hall–Kier alpha value is -2.42. The van der Waals surface area contributed by atoms with Crippen LogP contribution in [0.3, 0.4) is 0 Å². The zero-order valence-corrected chi connectivity index (χ0v) is 16.8. The molecular weight excluding hydrogens is 362 g/mol. The van der Waals surface area contributed by atoms with E-state index in [0.717, 1.165) is 31.6 Å². The van der Waals surface area contributed by atoms with Crippen LogP contribution < -0.4 is 16.2 Å². The maximum Gasteiger partial charge on any atom is 0.317 e. The predicted molar refractivity (Wildman–Crippen MR) is 103 cm³/mol. The molecule has 154 valence electrons. The number of carbonyl (C=O) groups is 2. The highest BCUT2D eigenvalue weighted by atomic mass is 16.5. The third-order valence-electron chi connectivity index (χ3n) is 5.56. The summed E-state index contributed by atoms with van der Waals surface area (Å²) in [5, 5.41) is 5.59. The Morgan fingerprint density at radius 1 is 1.25 bits per heavy atom. The molecule has 28 heavy (non-hydrogen) atoms. The molecule has 2 aliphatic rings. The fraction of sp³-hybridized carbons (Fsp3) is 0.684. The molecule has 0 radical (unpaired) electrons. The van der Waals surface area contributed by atoms with Crippen LogP contribution in [0.5, 0.6) is 0 Å². The summed E-state index contributed by atoms with van der Waals surface area (Å²) >= 11 is 0. The number of amides is 3. The largest absolute Gasteiger partial charge is 0.383 e. The number of hydrogen-bond acceptors (Lipinski definition) is 5. The number of aromatic nitrogens is 2. The molecular formula is C19H29N5O4. The first-order valence-electron chi connectivity index (χ1n) is 9.81. The smallest absolute Gasteiger partial charge is 0.317 e. The van der Waals surface area contributed by atoms with E-state index in [2.05, 4.69) is 15.6 Å². The van der Waals surface area contributed by atoms with E-state index in [9.17, 15) is 14.4 Å². The maximum absolute atomic E-state index is 12.5. The summed E-state index contributed by atoms with van der Waals surface area (Å²) in [6, 6.07) is 0.0561. The van der Waals surface area contributed by atoms with Crippen molar-refractivity contribution in [2.45, 2.75) is 51.1 Å². The van der Waals surface area contributed by atoms with E-state index in [1.807, 2.05) is 23.3 Å². The lowest BCUT2D eigenvalue weighted by molar-refractivity contribution is 0.0934. The van der Waals surface area contributed by atoms with Crippen LogP contribution in [0.4, 0.5) is 4.79 Å². The lowest BCUT2D eigenvalue weighted by atomic mass is 9.76. The molecule has 1 aromatic heterocycles. The summed E-state index contributed by atoms with van der Waals surface area (Å²) in [5.41, 5.74) is -0.633. The van der Waals surface area contributed by atoms with Gasteiger partial charge in [0.25, 0.3) is 11.5 Å². The van der Waals surface area contributed by atoms with Gasteiger partial charge in [-0.3, -0.25) is 9.59 Å². The van der Waals surface area contributed by atoms with E-state index in [0.29, 0.717) is 26.2 Å². The predicted octanol–water partition coefficient (Wildman–Crippen LogP) is 0.475. The first kappa shape index (κ1) is 20.3. The molecule has 0 unspecified atom stereocenters. The van der Waals surface area contributed by atoms with Gasteiger partial charge in [-0.15, -0.1) is 0 Å². The van der Waals surface area contributed by atoms with Gasteiger partial charge in [0.15, 0.2) is 0 Å². The van der Waals surface area contributed by atoms with Crippen LogP contribution in [0.1, 0.15) is 49.3 Å². The van der Waals surface area contributed by atoms with Crippen molar-refractivity contribution in [3.05, 3.63) is 27.9 Å². The van der Waals surface area contributed by atoms with Crippen molar-refractivity contribution in [3.8, 4) is 0 Å². The van der Waals surface area contributed by atoms with Crippen LogP contribution in [0.15, 0.2) is 11.0 Å². The quantitative estimate of drug-likeness (QED) is 0.710. The topological polar surface area (TPSA) is 106 Å². The minimum absolute atomic E-state index is 0.0451. The van der Waals surface area contributed by atoms with Gasteiger partial charge < -0.3 is 24.8 Å². The monoisotopic (exact) mass is 391 g/mol. The molecule has 9 heteroatoms. The highest BCUT2D eigenvalue weighted by Crippen LogP contribution is 2.41. The van der Waals surface area contributed by atoms with Gasteiger partial charge in [0.05, 0.1) is 6.61 Å². The number of hydrogen-bond donors (Lipinski definition) is 2. The Morgan fingerprint density at radius 2 is 1.93 bits per heavy atom. The van der Waals surface area contributed by atoms with Gasteiger partial charge in [0, 0.05) is 50.9 Å². The molecule has 9 nitrogen and oxygen atoms in total. The van der Waals surface area contributed by atoms with Crippen LogP contribution in [-0.2, 0) is 16.7 Å². The minimum Gasteiger partial charge on any atom is -0.383 e. The number of fused-ring (bicyclic) bond motifs is 2. The van der Waals surface area contributed by atoms with Gasteiger partial charge in [-0.2, -0.15) is 4.98 Å². The van der Waals surface area contributed by atoms with Crippen molar-refractivity contribution < 1.29 is 14.3 Å². The molecule has 0 aromatic carbocycles. The van der Waals surface area contributed by atoms with Crippen LogP contribution >= 0.6 is 0 Å². The van der Waals surface area contributed by atoms with Gasteiger partial charge >= 0.3 is 6.03 Å². The third-order valence-corrected chi connectivity index (χ3v) is 5.56. The second kappa shape index (κ2) is 8.30. The number of aryl methyl sites for hydroxylation is 1. The van der Waals surface area contributed by atoms with E-state index in [1.165, 1.54) is 0 Å². The number of urea groups is 1. The summed E-state index contributed by atoms with van der Waals surface area (Å²) in [6.45, 7) is 6.59. The van der Waals surface area contributed by atoms with Gasteiger partial charge in [0.2, 0.25) is 0 Å². The summed E-state index contributed by atoms with van der Waals surface area (Å²) in [6.07, 6.45) is 4.03. The standard InChI is InChI=1S/C19H29N5O4/c1-13(2)21-18(27)23-8-4-19(5-9-23)6-10-24-12-14(16(26)22-17(19)24)15(25)20-7-11-28-3/h12-13H,4-11H2,1-3H3,(H,20,25)(H,21,27). The number of carbonyl (C=O) groups excluding carboxylic acids is 2. The number of nitrogens with zero attached hydrogens (tertiary/aromatic N) is 3. The van der Waals surface area contributed by atoms with E-state index in [4.69, 9.17) is 4.74 Å². The fourth-order valence-electron chi connectivity index (χ4n) is 4.00. The molecule has 0 saturated carbocycles. The van der Waals surface area contributed by atoms with Crippen molar-refractivity contribution in [3.63, 3.8) is 0 Å². The maximum atomic E-state index is 12.5. The Kier molecular flexibility index (Phi) is 6.02. The van der Waals surface area contributed by atoms with Crippen molar-refractivity contribution in [2.24, 2.45) is 0 Å². The van der Waals surface area contributed by atoms with Gasteiger partial charge in [-0.1, -0.05) is 0 Å². The second-order valence-electron chi connectivity index (χ2n) is 7.85. The minimum atomic E-state index is -0.498. The first-order valence-corrected chi connectivity index (χ1v) is 9.81. The molecule has 0 aliphatic carbocycles. The Balaban J connectivity index is 1.73. The molecule has 3 amide bonds. The van der Waals surface area contributed by atoms with E-state index in [-0.39, 0.29) is 23.1 Å². The summed E-state index contributed by atoms with van der Waals surface area (Å²) in [4.78, 5) is 43.1. The third kappa shape index (κ3) is 4.04. The molecule has 0 bridgehead atoms. The molecule has 2 aliphatic heterocycles. The average Bonchev–Trinajstić information content (AvgIpc) is 2.98. The summed E-state index contributed by atoms with van der Waals surface area (Å²) in [5.74, 6) is 0.320. The van der Waals surface area contributed by atoms with Crippen molar-refractivity contribution in [2.75, 3.05) is 33.4 Å². The molecule has 0 atom stereocenters. The Bertz CT molecular complexity index is 796. The summed E-state index contributed by atoms with van der Waals surface area (Å²) in [7, 11) is 1.55. The number of likely N-dealkylation sites (tertiary alicyclic amines) is 1. The lowest BCUT2D eigenvalue weighted by Crippen LogP contribution is -2.50. The van der Waals surface area contributed by atoms with E-state index < -0.39 is 11.5 Å². The SMILES string of the molecule is COCCNC(=O)c1cn2c(nc1=O)C1(CCN(C(=O)NC(C)C)CC1)CC2. The molecule has 3 heterocycles. The van der Waals surface area contributed by atoms with Gasteiger partial charge in [0.1, 0.15) is 11.4 Å². The van der Waals surface area contributed by atoms with Crippen LogP contribution in [0.25, 0.3) is 0 Å². The lowest BCUT2D eigenvalue weighted by Gasteiger charge is -2.38. The highest BCUT2D eigenvalue weighted by molar-refractivity contribution is 5.93.